The van der Waals surface area contributed by atoms with Gasteiger partial charge in [-0.05, 0) is 60.1 Å². The summed E-state index contributed by atoms with van der Waals surface area (Å²) in [4.78, 5) is 19.3. The van der Waals surface area contributed by atoms with E-state index in [0.717, 1.165) is 9.54 Å². The van der Waals surface area contributed by atoms with Crippen LogP contribution in [0.4, 0.5) is 11.5 Å². The maximum Gasteiger partial charge on any atom is 0.270 e. The Bertz CT molecular complexity index is 1370. The molecule has 1 N–H and O–H groups in total. The summed E-state index contributed by atoms with van der Waals surface area (Å²) < 4.78 is 33.4. The van der Waals surface area contributed by atoms with E-state index in [2.05, 4.69) is 26.2 Å². The van der Waals surface area contributed by atoms with Crippen molar-refractivity contribution in [3.05, 3.63) is 68.8 Å². The van der Waals surface area contributed by atoms with Gasteiger partial charge in [0.05, 0.1) is 34.6 Å². The summed E-state index contributed by atoms with van der Waals surface area (Å²) in [6.45, 7) is 3.62. The number of carbonyl (C=O) groups excluding carboxylic acids is 1. The summed E-state index contributed by atoms with van der Waals surface area (Å²) in [5.41, 5.74) is 1.95. The largest absolute Gasteiger partial charge is 0.496 e. The quantitative estimate of drug-likeness (QED) is 0.311. The molecule has 8 nitrogen and oxygen atoms in total. The van der Waals surface area contributed by atoms with Crippen LogP contribution < -0.4 is 10.1 Å². The Morgan fingerprint density at radius 3 is 2.41 bits per heavy atom. The molecule has 1 amide bonds. The second kappa shape index (κ2) is 10.2. The second-order valence-electron chi connectivity index (χ2n) is 7.70. The Kier molecular flexibility index (Phi) is 7.74. The molecule has 0 aliphatic carbocycles. The van der Waals surface area contributed by atoms with Gasteiger partial charge in [-0.2, -0.15) is 0 Å². The van der Waals surface area contributed by atoms with Crippen LogP contribution in [0.3, 0.4) is 0 Å². The normalized spacial score (nSPS) is 11.6. The highest BCUT2D eigenvalue weighted by Crippen LogP contribution is 2.36. The highest BCUT2D eigenvalue weighted by Gasteiger charge is 2.29. The summed E-state index contributed by atoms with van der Waals surface area (Å²) in [6, 6.07) is 11.1. The van der Waals surface area contributed by atoms with E-state index < -0.39 is 15.9 Å². The molecular formula is C23H24BrClN4O4S. The first-order valence-electron chi connectivity index (χ1n) is 10.1. The molecule has 0 saturated carbocycles. The number of ether oxygens (including phenoxy) is 1. The summed E-state index contributed by atoms with van der Waals surface area (Å²) in [5.74, 6) is -0.0933. The zero-order valence-corrected chi connectivity index (χ0v) is 22.4. The van der Waals surface area contributed by atoms with Gasteiger partial charge in [-0.15, -0.1) is 0 Å². The highest BCUT2D eigenvalue weighted by atomic mass is 79.9. The number of aryl methyl sites for hydroxylation is 1. The van der Waals surface area contributed by atoms with Gasteiger partial charge in [-0.25, -0.2) is 17.4 Å². The Balaban J connectivity index is 2.16. The molecule has 0 radical (unpaired) electrons. The number of hydrogen-bond donors (Lipinski definition) is 1. The fourth-order valence-electron chi connectivity index (χ4n) is 3.17. The lowest BCUT2D eigenvalue weighted by Gasteiger charge is -2.14. The van der Waals surface area contributed by atoms with Crippen LogP contribution in [0.25, 0.3) is 0 Å². The smallest absolute Gasteiger partial charge is 0.270 e. The number of rotatable bonds is 7. The van der Waals surface area contributed by atoms with Gasteiger partial charge in [-0.1, -0.05) is 29.3 Å². The standard InChI is InChI=1S/C23H24BrClN4O4S/c1-14-6-8-16(9-7-14)34(31,32)29-20(24)12-17(22(29)26-13-28(3)4)23(30)27-21-15(2)19(33-5)11-10-18(21)25/h6-13H,1-5H3,(H,27,30)/b26-13+. The Morgan fingerprint density at radius 2 is 1.82 bits per heavy atom. The maximum atomic E-state index is 13.5. The minimum absolute atomic E-state index is 0.0407. The molecule has 180 valence electrons. The van der Waals surface area contributed by atoms with Crippen molar-refractivity contribution < 1.29 is 17.9 Å². The number of nitrogens with one attached hydrogen (secondary N) is 1. The zero-order chi connectivity index (χ0) is 25.2. The topological polar surface area (TPSA) is 93.0 Å². The predicted molar refractivity (Wildman–Crippen MR) is 138 cm³/mol. The molecule has 34 heavy (non-hydrogen) atoms. The Morgan fingerprint density at radius 1 is 1.18 bits per heavy atom. The fraction of sp³-hybridized carbons (Fsp3) is 0.217. The van der Waals surface area contributed by atoms with Crippen LogP contribution in [-0.4, -0.2) is 50.7 Å². The third-order valence-electron chi connectivity index (χ3n) is 4.93. The van der Waals surface area contributed by atoms with Crippen molar-refractivity contribution in [1.82, 2.24) is 8.87 Å². The molecule has 1 aromatic heterocycles. The van der Waals surface area contributed by atoms with Crippen molar-refractivity contribution in [3.8, 4) is 5.75 Å². The van der Waals surface area contributed by atoms with Crippen LogP contribution >= 0.6 is 27.5 Å². The van der Waals surface area contributed by atoms with Crippen LogP contribution in [0, 0.1) is 13.8 Å². The molecule has 0 atom stereocenters. The third kappa shape index (κ3) is 5.13. The molecule has 0 unspecified atom stereocenters. The van der Waals surface area contributed by atoms with Gasteiger partial charge in [0.1, 0.15) is 10.4 Å². The molecular weight excluding hydrogens is 544 g/mol. The summed E-state index contributed by atoms with van der Waals surface area (Å²) in [7, 11) is 0.922. The number of nitrogens with zero attached hydrogens (tertiary/aromatic N) is 3. The van der Waals surface area contributed by atoms with E-state index in [9.17, 15) is 13.2 Å². The van der Waals surface area contributed by atoms with Gasteiger partial charge in [0.25, 0.3) is 15.9 Å². The van der Waals surface area contributed by atoms with Crippen LogP contribution in [0.2, 0.25) is 5.02 Å². The average molecular weight is 568 g/mol. The molecule has 0 saturated heterocycles. The first kappa shape index (κ1) is 25.8. The van der Waals surface area contributed by atoms with Crippen molar-refractivity contribution >= 4 is 61.3 Å². The minimum Gasteiger partial charge on any atom is -0.496 e. The van der Waals surface area contributed by atoms with Crippen LogP contribution in [-0.2, 0) is 10.0 Å². The van der Waals surface area contributed by atoms with Crippen molar-refractivity contribution in [2.45, 2.75) is 18.7 Å². The lowest BCUT2D eigenvalue weighted by atomic mass is 10.1. The van der Waals surface area contributed by atoms with E-state index >= 15 is 0 Å². The Hall–Kier alpha value is -2.82. The number of aliphatic imine (C=N–C) groups is 1. The van der Waals surface area contributed by atoms with Gasteiger partial charge in [0.15, 0.2) is 5.82 Å². The minimum atomic E-state index is -4.07. The van der Waals surface area contributed by atoms with E-state index in [1.165, 1.54) is 31.6 Å². The summed E-state index contributed by atoms with van der Waals surface area (Å²) in [6.07, 6.45) is 1.42. The van der Waals surface area contributed by atoms with Crippen LogP contribution in [0.15, 0.2) is 57.0 Å². The van der Waals surface area contributed by atoms with E-state index in [4.69, 9.17) is 16.3 Å². The molecule has 0 aliphatic rings. The molecule has 0 aliphatic heterocycles. The molecule has 1 heterocycles. The predicted octanol–water partition coefficient (Wildman–Crippen LogP) is 5.24. The molecule has 3 aromatic rings. The monoisotopic (exact) mass is 566 g/mol. The third-order valence-corrected chi connectivity index (χ3v) is 7.78. The van der Waals surface area contributed by atoms with Gasteiger partial charge in [0, 0.05) is 19.7 Å². The molecule has 0 bridgehead atoms. The molecule has 0 fully saturated rings. The number of methoxy groups -OCH3 is 1. The lowest BCUT2D eigenvalue weighted by Crippen LogP contribution is -2.16. The van der Waals surface area contributed by atoms with Crippen molar-refractivity contribution in [3.63, 3.8) is 0 Å². The summed E-state index contributed by atoms with van der Waals surface area (Å²) in [5, 5.41) is 3.08. The number of aromatic nitrogens is 1. The fourth-order valence-corrected chi connectivity index (χ4v) is 5.74. The van der Waals surface area contributed by atoms with Gasteiger partial charge in [-0.3, -0.25) is 4.79 Å². The van der Waals surface area contributed by atoms with Crippen molar-refractivity contribution in [2.24, 2.45) is 4.99 Å². The molecule has 11 heteroatoms. The summed E-state index contributed by atoms with van der Waals surface area (Å²) >= 11 is 9.62. The van der Waals surface area contributed by atoms with E-state index in [1.807, 2.05) is 6.92 Å². The van der Waals surface area contributed by atoms with Crippen molar-refractivity contribution in [2.75, 3.05) is 26.5 Å². The number of carbonyl (C=O) groups is 1. The number of benzene rings is 2. The highest BCUT2D eigenvalue weighted by molar-refractivity contribution is 9.10. The van der Waals surface area contributed by atoms with Crippen LogP contribution in [0.5, 0.6) is 5.75 Å². The van der Waals surface area contributed by atoms with Gasteiger partial charge < -0.3 is 15.0 Å². The molecule has 3 rings (SSSR count). The van der Waals surface area contributed by atoms with E-state index in [1.54, 1.807) is 50.2 Å². The zero-order valence-electron chi connectivity index (χ0n) is 19.3. The van der Waals surface area contributed by atoms with Crippen molar-refractivity contribution in [1.29, 1.82) is 0 Å². The van der Waals surface area contributed by atoms with Gasteiger partial charge >= 0.3 is 0 Å². The number of anilines is 1. The lowest BCUT2D eigenvalue weighted by molar-refractivity contribution is 0.102. The van der Waals surface area contributed by atoms with E-state index in [-0.39, 0.29) is 20.9 Å². The van der Waals surface area contributed by atoms with Gasteiger partial charge in [0.2, 0.25) is 0 Å². The average Bonchev–Trinajstić information content (AvgIpc) is 3.12. The molecule has 0 spiro atoms. The molecule has 2 aromatic carbocycles. The SMILES string of the molecule is COc1ccc(Cl)c(NC(=O)c2cc(Br)n(S(=O)(=O)c3ccc(C)cc3)c2/N=C/N(C)C)c1C. The second-order valence-corrected chi connectivity index (χ2v) is 10.7. The van der Waals surface area contributed by atoms with Crippen LogP contribution in [0.1, 0.15) is 21.5 Å². The number of amides is 1. The van der Waals surface area contributed by atoms with E-state index in [0.29, 0.717) is 22.0 Å². The Labute approximate surface area is 212 Å². The first-order valence-corrected chi connectivity index (χ1v) is 12.7. The first-order chi connectivity index (χ1) is 16.0. The maximum absolute atomic E-state index is 13.5. The number of hydrogen-bond acceptors (Lipinski definition) is 5. The number of halogens is 2.